The fraction of sp³-hybridized carbons (Fsp3) is 0. The van der Waals surface area contributed by atoms with Crippen molar-refractivity contribution in [2.45, 2.75) is 10.1 Å². The highest BCUT2D eigenvalue weighted by molar-refractivity contribution is 9.10. The van der Waals surface area contributed by atoms with Crippen LogP contribution in [0.1, 0.15) is 0 Å². The number of nitrogens with two attached hydrogens (primary N) is 1. The summed E-state index contributed by atoms with van der Waals surface area (Å²) in [4.78, 5) is 9.30. The number of anilines is 1. The molecule has 2 aromatic rings. The third-order valence-electron chi connectivity index (χ3n) is 1.70. The van der Waals surface area contributed by atoms with Gasteiger partial charge in [0.15, 0.2) is 5.16 Å². The summed E-state index contributed by atoms with van der Waals surface area (Å²) in [6, 6.07) is 9.15. The molecule has 0 atom stereocenters. The molecule has 0 amide bonds. The first-order valence-electron chi connectivity index (χ1n) is 4.37. The maximum Gasteiger partial charge on any atom is 0.195 e. The van der Waals surface area contributed by atoms with Crippen LogP contribution < -0.4 is 5.73 Å². The summed E-state index contributed by atoms with van der Waals surface area (Å²) >= 11 is 10.6. The summed E-state index contributed by atoms with van der Waals surface area (Å²) in [7, 11) is 0. The fourth-order valence-corrected chi connectivity index (χ4v) is 2.71. The molecule has 0 aliphatic carbocycles. The highest BCUT2D eigenvalue weighted by atomic mass is 79.9. The summed E-state index contributed by atoms with van der Waals surface area (Å²) in [6.07, 6.45) is 0. The van der Waals surface area contributed by atoms with Crippen molar-refractivity contribution >= 4 is 45.1 Å². The molecular weight excluding hydrogens is 310 g/mol. The molecule has 0 radical (unpaired) electrons. The summed E-state index contributed by atoms with van der Waals surface area (Å²) in [5.74, 6) is 0.436. The van der Waals surface area contributed by atoms with Crippen LogP contribution in [0, 0.1) is 0 Å². The van der Waals surface area contributed by atoms with E-state index in [9.17, 15) is 0 Å². The topological polar surface area (TPSA) is 51.8 Å². The molecule has 16 heavy (non-hydrogen) atoms. The van der Waals surface area contributed by atoms with Crippen molar-refractivity contribution in [1.82, 2.24) is 9.97 Å². The molecule has 82 valence electrons. The van der Waals surface area contributed by atoms with Crippen LogP contribution in [0.3, 0.4) is 0 Å². The molecule has 1 aromatic carbocycles. The SMILES string of the molecule is Nc1cc(Br)nc(Sc2cccc(Cl)c2)n1. The lowest BCUT2D eigenvalue weighted by molar-refractivity contribution is 0.957. The number of aromatic nitrogens is 2. The Bertz CT molecular complexity index is 501. The van der Waals surface area contributed by atoms with Gasteiger partial charge in [0.25, 0.3) is 0 Å². The number of nitrogen functional groups attached to an aromatic ring is 1. The number of hydrogen-bond donors (Lipinski definition) is 1. The van der Waals surface area contributed by atoms with Gasteiger partial charge in [0.2, 0.25) is 0 Å². The first-order valence-corrected chi connectivity index (χ1v) is 6.36. The molecule has 0 unspecified atom stereocenters. The minimum Gasteiger partial charge on any atom is -0.384 e. The molecule has 2 rings (SSSR count). The maximum absolute atomic E-state index is 5.89. The monoisotopic (exact) mass is 315 g/mol. The van der Waals surface area contributed by atoms with E-state index in [1.807, 2.05) is 24.3 Å². The van der Waals surface area contributed by atoms with Crippen molar-refractivity contribution in [3.8, 4) is 0 Å². The van der Waals surface area contributed by atoms with E-state index >= 15 is 0 Å². The van der Waals surface area contributed by atoms with E-state index in [-0.39, 0.29) is 0 Å². The lowest BCUT2D eigenvalue weighted by Crippen LogP contribution is -1.94. The average Bonchev–Trinajstić information content (AvgIpc) is 2.15. The van der Waals surface area contributed by atoms with Gasteiger partial charge in [-0.15, -0.1) is 0 Å². The quantitative estimate of drug-likeness (QED) is 0.679. The molecule has 1 heterocycles. The summed E-state index contributed by atoms with van der Waals surface area (Å²) < 4.78 is 0.671. The van der Waals surface area contributed by atoms with E-state index in [2.05, 4.69) is 25.9 Å². The lowest BCUT2D eigenvalue weighted by Gasteiger charge is -2.02. The van der Waals surface area contributed by atoms with Gasteiger partial charge in [0.05, 0.1) is 0 Å². The summed E-state index contributed by atoms with van der Waals surface area (Å²) in [5, 5.41) is 1.28. The van der Waals surface area contributed by atoms with Crippen LogP contribution in [0.2, 0.25) is 5.02 Å². The maximum atomic E-state index is 5.89. The number of rotatable bonds is 2. The van der Waals surface area contributed by atoms with Gasteiger partial charge >= 0.3 is 0 Å². The largest absolute Gasteiger partial charge is 0.384 e. The molecule has 2 N–H and O–H groups in total. The van der Waals surface area contributed by atoms with E-state index in [1.165, 1.54) is 11.8 Å². The molecule has 0 saturated heterocycles. The van der Waals surface area contributed by atoms with E-state index in [1.54, 1.807) is 6.07 Å². The normalized spacial score (nSPS) is 10.4. The van der Waals surface area contributed by atoms with E-state index in [4.69, 9.17) is 17.3 Å². The van der Waals surface area contributed by atoms with Crippen LogP contribution in [0.5, 0.6) is 0 Å². The second-order valence-corrected chi connectivity index (χ2v) is 5.25. The molecule has 1 aromatic heterocycles. The fourth-order valence-electron chi connectivity index (χ4n) is 1.09. The van der Waals surface area contributed by atoms with Crippen molar-refractivity contribution in [3.63, 3.8) is 0 Å². The van der Waals surface area contributed by atoms with E-state index in [0.717, 1.165) is 4.90 Å². The average molecular weight is 317 g/mol. The van der Waals surface area contributed by atoms with Crippen molar-refractivity contribution < 1.29 is 0 Å². The van der Waals surface area contributed by atoms with Crippen LogP contribution in [-0.4, -0.2) is 9.97 Å². The Morgan fingerprint density at radius 2 is 2.06 bits per heavy atom. The zero-order valence-corrected chi connectivity index (χ0v) is 11.2. The van der Waals surface area contributed by atoms with Gasteiger partial charge < -0.3 is 5.73 Å². The molecule has 0 spiro atoms. The zero-order chi connectivity index (χ0) is 11.5. The van der Waals surface area contributed by atoms with Crippen LogP contribution >= 0.6 is 39.3 Å². The van der Waals surface area contributed by atoms with Gasteiger partial charge in [-0.05, 0) is 45.9 Å². The lowest BCUT2D eigenvalue weighted by atomic mass is 10.4. The van der Waals surface area contributed by atoms with Crippen molar-refractivity contribution in [2.24, 2.45) is 0 Å². The highest BCUT2D eigenvalue weighted by Gasteiger charge is 2.03. The Hall–Kier alpha value is -0.780. The third kappa shape index (κ3) is 3.10. The first kappa shape index (κ1) is 11.7. The van der Waals surface area contributed by atoms with Crippen LogP contribution in [0.25, 0.3) is 0 Å². The number of hydrogen-bond acceptors (Lipinski definition) is 4. The second-order valence-electron chi connectivity index (χ2n) is 2.96. The summed E-state index contributed by atoms with van der Waals surface area (Å²) in [6.45, 7) is 0. The standard InChI is InChI=1S/C10H7BrClN3S/c11-8-5-9(13)15-10(14-8)16-7-3-1-2-6(12)4-7/h1-5H,(H2,13,14,15). The molecule has 0 aliphatic rings. The number of nitrogens with zero attached hydrogens (tertiary/aromatic N) is 2. The van der Waals surface area contributed by atoms with Crippen LogP contribution in [0.4, 0.5) is 5.82 Å². The van der Waals surface area contributed by atoms with E-state index in [0.29, 0.717) is 20.6 Å². The van der Waals surface area contributed by atoms with E-state index < -0.39 is 0 Å². The minimum atomic E-state index is 0.436. The van der Waals surface area contributed by atoms with Gasteiger partial charge in [-0.1, -0.05) is 17.7 Å². The Morgan fingerprint density at radius 3 is 2.75 bits per heavy atom. The first-order chi connectivity index (χ1) is 7.63. The van der Waals surface area contributed by atoms with Crippen molar-refractivity contribution in [1.29, 1.82) is 0 Å². The molecule has 3 nitrogen and oxygen atoms in total. The van der Waals surface area contributed by atoms with Gasteiger partial charge in [0, 0.05) is 16.0 Å². The zero-order valence-electron chi connectivity index (χ0n) is 8.02. The van der Waals surface area contributed by atoms with Crippen LogP contribution in [-0.2, 0) is 0 Å². The molecular formula is C10H7BrClN3S. The molecule has 6 heteroatoms. The Morgan fingerprint density at radius 1 is 1.25 bits per heavy atom. The van der Waals surface area contributed by atoms with Gasteiger partial charge in [-0.3, -0.25) is 0 Å². The smallest absolute Gasteiger partial charge is 0.195 e. The highest BCUT2D eigenvalue weighted by Crippen LogP contribution is 2.28. The Kier molecular flexibility index (Phi) is 3.68. The molecule has 0 saturated carbocycles. The molecule has 0 bridgehead atoms. The van der Waals surface area contributed by atoms with Crippen molar-refractivity contribution in [2.75, 3.05) is 5.73 Å². The minimum absolute atomic E-state index is 0.436. The van der Waals surface area contributed by atoms with Gasteiger partial charge in [-0.2, -0.15) is 0 Å². The Labute approximate surface area is 111 Å². The predicted octanol–water partition coefficient (Wildman–Crippen LogP) is 3.63. The molecule has 0 aliphatic heterocycles. The molecule has 0 fully saturated rings. The van der Waals surface area contributed by atoms with Gasteiger partial charge in [0.1, 0.15) is 10.4 Å². The van der Waals surface area contributed by atoms with Crippen LogP contribution in [0.15, 0.2) is 45.0 Å². The summed E-state index contributed by atoms with van der Waals surface area (Å²) in [5.41, 5.74) is 5.62. The number of benzene rings is 1. The number of halogens is 2. The van der Waals surface area contributed by atoms with Gasteiger partial charge in [-0.25, -0.2) is 9.97 Å². The third-order valence-corrected chi connectivity index (χ3v) is 3.20. The van der Waals surface area contributed by atoms with Crippen molar-refractivity contribution in [3.05, 3.63) is 40.0 Å². The Balaban J connectivity index is 2.27. The predicted molar refractivity (Wildman–Crippen MR) is 69.7 cm³/mol. The second kappa shape index (κ2) is 5.03.